The molecule has 2 N–H and O–H groups in total. The summed E-state index contributed by atoms with van der Waals surface area (Å²) in [6, 6.07) is 1.91. The third kappa shape index (κ3) is 2.59. The van der Waals surface area contributed by atoms with Crippen LogP contribution in [0.25, 0.3) is 0 Å². The first-order chi connectivity index (χ1) is 5.15. The number of nitrogens with zero attached hydrogens (tertiary/aromatic N) is 1. The lowest BCUT2D eigenvalue weighted by Crippen LogP contribution is -2.00. The van der Waals surface area contributed by atoms with E-state index in [1.165, 1.54) is 0 Å². The lowest BCUT2D eigenvalue weighted by atomic mass is 10.2. The van der Waals surface area contributed by atoms with Gasteiger partial charge >= 0.3 is 0 Å². The molecule has 0 aliphatic rings. The summed E-state index contributed by atoms with van der Waals surface area (Å²) in [5.74, 6) is 0. The van der Waals surface area contributed by atoms with E-state index in [4.69, 9.17) is 17.3 Å². The van der Waals surface area contributed by atoms with Gasteiger partial charge in [-0.3, -0.25) is 0 Å². The van der Waals surface area contributed by atoms with E-state index in [0.29, 0.717) is 11.7 Å². The maximum absolute atomic E-state index is 5.78. The molecule has 0 amide bonds. The minimum absolute atomic E-state index is 0. The van der Waals surface area contributed by atoms with Gasteiger partial charge in [0.25, 0.3) is 0 Å². The Morgan fingerprint density at radius 2 is 2.25 bits per heavy atom. The normalized spacial score (nSPS) is 9.33. The summed E-state index contributed by atoms with van der Waals surface area (Å²) in [7, 11) is 0. The molecule has 0 saturated carbocycles. The van der Waals surface area contributed by atoms with Crippen molar-refractivity contribution in [1.29, 1.82) is 0 Å². The van der Waals surface area contributed by atoms with Gasteiger partial charge in [0.05, 0.1) is 10.2 Å². The van der Waals surface area contributed by atoms with Gasteiger partial charge in [-0.2, -0.15) is 0 Å². The first-order valence-electron chi connectivity index (χ1n) is 3.16. The summed E-state index contributed by atoms with van der Waals surface area (Å²) in [5, 5.41) is 0.477. The summed E-state index contributed by atoms with van der Waals surface area (Å²) < 4.78 is 0.844. The molecule has 5 heteroatoms. The number of rotatable bonds is 1. The van der Waals surface area contributed by atoms with Crippen molar-refractivity contribution in [2.45, 2.75) is 13.5 Å². The molecular weight excluding hydrogens is 263 g/mol. The number of hydrogen-bond acceptors (Lipinski definition) is 2. The maximum atomic E-state index is 5.78. The van der Waals surface area contributed by atoms with Crippen LogP contribution in [0.15, 0.2) is 10.5 Å². The SMILES string of the molecule is Cc1cc(CN)nc(Cl)c1Br.Cl. The summed E-state index contributed by atoms with van der Waals surface area (Å²) >= 11 is 9.09. The zero-order valence-corrected chi connectivity index (χ0v) is 9.63. The van der Waals surface area contributed by atoms with E-state index in [9.17, 15) is 0 Å². The minimum Gasteiger partial charge on any atom is -0.325 e. The van der Waals surface area contributed by atoms with Crippen LogP contribution in [0.5, 0.6) is 0 Å². The fourth-order valence-electron chi connectivity index (χ4n) is 0.788. The largest absolute Gasteiger partial charge is 0.325 e. The van der Waals surface area contributed by atoms with Gasteiger partial charge in [-0.1, -0.05) is 11.6 Å². The van der Waals surface area contributed by atoms with Crippen LogP contribution in [-0.4, -0.2) is 4.98 Å². The number of hydrogen-bond donors (Lipinski definition) is 1. The number of halogens is 3. The lowest BCUT2D eigenvalue weighted by molar-refractivity contribution is 0.981. The standard InChI is InChI=1S/C7H8BrClN2.ClH/c1-4-2-5(3-10)11-7(9)6(4)8;/h2H,3,10H2,1H3;1H. The molecule has 12 heavy (non-hydrogen) atoms. The first-order valence-corrected chi connectivity index (χ1v) is 4.34. The molecule has 0 aromatic carbocycles. The Labute approximate surface area is 91.0 Å². The highest BCUT2D eigenvalue weighted by Gasteiger charge is 2.03. The molecule has 0 unspecified atom stereocenters. The molecule has 0 fully saturated rings. The molecule has 1 heterocycles. The smallest absolute Gasteiger partial charge is 0.143 e. The van der Waals surface area contributed by atoms with Crippen molar-refractivity contribution in [2.75, 3.05) is 0 Å². The predicted molar refractivity (Wildman–Crippen MR) is 56.8 cm³/mol. The zero-order valence-electron chi connectivity index (χ0n) is 6.47. The zero-order chi connectivity index (χ0) is 8.43. The average molecular weight is 272 g/mol. The molecule has 0 bridgehead atoms. The van der Waals surface area contributed by atoms with Crippen molar-refractivity contribution in [2.24, 2.45) is 5.73 Å². The molecule has 0 spiro atoms. The topological polar surface area (TPSA) is 38.9 Å². The van der Waals surface area contributed by atoms with Crippen LogP contribution in [0.1, 0.15) is 11.3 Å². The lowest BCUT2D eigenvalue weighted by Gasteiger charge is -2.02. The van der Waals surface area contributed by atoms with Gasteiger partial charge in [0.15, 0.2) is 0 Å². The van der Waals surface area contributed by atoms with Crippen molar-refractivity contribution in [3.63, 3.8) is 0 Å². The van der Waals surface area contributed by atoms with E-state index >= 15 is 0 Å². The Bertz CT molecular complexity index is 255. The Balaban J connectivity index is 0.00000121. The fraction of sp³-hybridized carbons (Fsp3) is 0.286. The quantitative estimate of drug-likeness (QED) is 0.798. The van der Waals surface area contributed by atoms with Gasteiger partial charge < -0.3 is 5.73 Å². The fourth-order valence-corrected chi connectivity index (χ4v) is 1.25. The summed E-state index contributed by atoms with van der Waals surface area (Å²) in [4.78, 5) is 4.05. The Morgan fingerprint density at radius 1 is 1.67 bits per heavy atom. The molecule has 0 aliphatic heterocycles. The average Bonchev–Trinajstić information content (AvgIpc) is 1.99. The van der Waals surface area contributed by atoms with Crippen molar-refractivity contribution >= 4 is 39.9 Å². The van der Waals surface area contributed by atoms with Crippen molar-refractivity contribution in [3.8, 4) is 0 Å². The number of aromatic nitrogens is 1. The number of aryl methyl sites for hydroxylation is 1. The summed E-state index contributed by atoms with van der Waals surface area (Å²) in [5.41, 5.74) is 7.28. The summed E-state index contributed by atoms with van der Waals surface area (Å²) in [6.45, 7) is 2.38. The van der Waals surface area contributed by atoms with Gasteiger partial charge in [0, 0.05) is 6.54 Å². The van der Waals surface area contributed by atoms with Crippen molar-refractivity contribution in [1.82, 2.24) is 4.98 Å². The van der Waals surface area contributed by atoms with Crippen LogP contribution in [-0.2, 0) is 6.54 Å². The number of nitrogens with two attached hydrogens (primary N) is 1. The first kappa shape index (κ1) is 12.2. The predicted octanol–water partition coefficient (Wildman–Crippen LogP) is 2.69. The van der Waals surface area contributed by atoms with Crippen molar-refractivity contribution < 1.29 is 0 Å². The number of pyridine rings is 1. The summed E-state index contributed by atoms with van der Waals surface area (Å²) in [6.07, 6.45) is 0. The highest BCUT2D eigenvalue weighted by molar-refractivity contribution is 9.10. The van der Waals surface area contributed by atoms with E-state index in [2.05, 4.69) is 20.9 Å². The van der Waals surface area contributed by atoms with Crippen LogP contribution in [0.2, 0.25) is 5.15 Å². The second kappa shape index (κ2) is 5.02. The molecule has 1 aromatic heterocycles. The molecule has 0 aliphatic carbocycles. The van der Waals surface area contributed by atoms with E-state index < -0.39 is 0 Å². The van der Waals surface area contributed by atoms with Crippen LogP contribution in [0, 0.1) is 6.92 Å². The Hall–Kier alpha value is 0.170. The molecule has 1 aromatic rings. The van der Waals surface area contributed by atoms with Crippen molar-refractivity contribution in [3.05, 3.63) is 26.9 Å². The van der Waals surface area contributed by atoms with E-state index in [0.717, 1.165) is 15.7 Å². The molecule has 0 radical (unpaired) electrons. The monoisotopic (exact) mass is 270 g/mol. The van der Waals surface area contributed by atoms with Gasteiger partial charge in [-0.15, -0.1) is 12.4 Å². The van der Waals surface area contributed by atoms with Crippen LogP contribution in [0.3, 0.4) is 0 Å². The third-order valence-corrected chi connectivity index (χ3v) is 2.86. The second-order valence-corrected chi connectivity index (χ2v) is 3.39. The van der Waals surface area contributed by atoms with E-state index in [1.807, 2.05) is 13.0 Å². The molecule has 1 rings (SSSR count). The van der Waals surface area contributed by atoms with Gasteiger partial charge in [-0.25, -0.2) is 4.98 Å². The Kier molecular flexibility index (Phi) is 5.09. The third-order valence-electron chi connectivity index (χ3n) is 1.36. The highest BCUT2D eigenvalue weighted by atomic mass is 79.9. The molecule has 68 valence electrons. The van der Waals surface area contributed by atoms with E-state index in [-0.39, 0.29) is 12.4 Å². The maximum Gasteiger partial charge on any atom is 0.143 e. The minimum atomic E-state index is 0. The molecule has 0 atom stereocenters. The van der Waals surface area contributed by atoms with Crippen LogP contribution < -0.4 is 5.73 Å². The molecule has 0 saturated heterocycles. The molecular formula is C7H9BrCl2N2. The van der Waals surface area contributed by atoms with Gasteiger partial charge in [0.1, 0.15) is 5.15 Å². The van der Waals surface area contributed by atoms with Gasteiger partial charge in [0.2, 0.25) is 0 Å². The van der Waals surface area contributed by atoms with Gasteiger partial charge in [-0.05, 0) is 34.5 Å². The highest BCUT2D eigenvalue weighted by Crippen LogP contribution is 2.24. The van der Waals surface area contributed by atoms with Crippen LogP contribution >= 0.6 is 39.9 Å². The van der Waals surface area contributed by atoms with Crippen LogP contribution in [0.4, 0.5) is 0 Å². The molecule has 2 nitrogen and oxygen atoms in total. The van der Waals surface area contributed by atoms with E-state index in [1.54, 1.807) is 0 Å². The second-order valence-electron chi connectivity index (χ2n) is 2.24. The Morgan fingerprint density at radius 3 is 2.67 bits per heavy atom.